The van der Waals surface area contributed by atoms with Gasteiger partial charge in [0.2, 0.25) is 0 Å². The van der Waals surface area contributed by atoms with Crippen LogP contribution in [0.2, 0.25) is 10.0 Å². The first-order valence-electron chi connectivity index (χ1n) is 4.62. The van der Waals surface area contributed by atoms with E-state index >= 15 is 0 Å². The lowest BCUT2D eigenvalue weighted by Gasteiger charge is -2.12. The third-order valence-corrected chi connectivity index (χ3v) is 2.41. The van der Waals surface area contributed by atoms with Crippen LogP contribution >= 0.6 is 23.2 Å². The number of benzene rings is 1. The van der Waals surface area contributed by atoms with Crippen LogP contribution in [0.15, 0.2) is 18.2 Å². The Labute approximate surface area is 112 Å². The van der Waals surface area contributed by atoms with Gasteiger partial charge in [-0.1, -0.05) is 23.2 Å². The van der Waals surface area contributed by atoms with Gasteiger partial charge in [0.25, 0.3) is 12.2 Å². The minimum atomic E-state index is -1.60. The summed E-state index contributed by atoms with van der Waals surface area (Å²) in [4.78, 5) is 26.7. The fraction of sp³-hybridized carbons (Fsp3) is 0.200. The van der Waals surface area contributed by atoms with Crippen LogP contribution < -0.4 is 5.48 Å². The second-order valence-electron chi connectivity index (χ2n) is 3.08. The highest BCUT2D eigenvalue weighted by molar-refractivity contribution is 6.35. The number of nitrogens with one attached hydrogen (secondary N) is 1. The number of carbonyl (C=O) groups excluding carboxylic acids is 1. The number of carboxylic acid groups (broad SMARTS) is 1. The Balaban J connectivity index is 2.71. The predicted molar refractivity (Wildman–Crippen MR) is 63.4 cm³/mol. The fourth-order valence-corrected chi connectivity index (χ4v) is 1.41. The van der Waals surface area contributed by atoms with Crippen molar-refractivity contribution in [2.45, 2.75) is 6.29 Å². The van der Waals surface area contributed by atoms with Gasteiger partial charge in [0.1, 0.15) is 0 Å². The summed E-state index contributed by atoms with van der Waals surface area (Å²) in [6, 6.07) is 4.27. The second kappa shape index (κ2) is 6.55. The Kier molecular flexibility index (Phi) is 5.36. The Morgan fingerprint density at radius 3 is 2.61 bits per heavy atom. The molecule has 0 radical (unpaired) electrons. The lowest BCUT2D eigenvalue weighted by molar-refractivity contribution is -0.193. The largest absolute Gasteiger partial charge is 0.477 e. The second-order valence-corrected chi connectivity index (χ2v) is 3.92. The molecule has 2 N–H and O–H groups in total. The minimum absolute atomic E-state index is 0.0596. The molecular weight excluding hydrogens is 285 g/mol. The summed E-state index contributed by atoms with van der Waals surface area (Å²) >= 11 is 11.5. The topological polar surface area (TPSA) is 84.9 Å². The van der Waals surface area contributed by atoms with Crippen molar-refractivity contribution in [2.24, 2.45) is 0 Å². The van der Waals surface area contributed by atoms with Gasteiger partial charge < -0.3 is 9.84 Å². The van der Waals surface area contributed by atoms with Crippen LogP contribution in [0.4, 0.5) is 0 Å². The van der Waals surface area contributed by atoms with Gasteiger partial charge in [-0.05, 0) is 18.2 Å². The van der Waals surface area contributed by atoms with Crippen molar-refractivity contribution in [1.29, 1.82) is 0 Å². The molecule has 98 valence electrons. The summed E-state index contributed by atoms with van der Waals surface area (Å²) < 4.78 is 4.46. The smallest absolute Gasteiger partial charge is 0.363 e. The van der Waals surface area contributed by atoms with Crippen LogP contribution in [0.1, 0.15) is 10.4 Å². The number of amides is 1. The van der Waals surface area contributed by atoms with E-state index in [1.165, 1.54) is 18.2 Å². The van der Waals surface area contributed by atoms with Gasteiger partial charge >= 0.3 is 5.97 Å². The summed E-state index contributed by atoms with van der Waals surface area (Å²) in [6.45, 7) is 0. The Morgan fingerprint density at radius 2 is 2.06 bits per heavy atom. The van der Waals surface area contributed by atoms with Gasteiger partial charge in [-0.15, -0.1) is 0 Å². The molecular formula is C10H9Cl2NO5. The van der Waals surface area contributed by atoms with Gasteiger partial charge in [0.15, 0.2) is 0 Å². The quantitative estimate of drug-likeness (QED) is 0.638. The fourth-order valence-electron chi connectivity index (χ4n) is 1.03. The van der Waals surface area contributed by atoms with Gasteiger partial charge in [-0.25, -0.2) is 15.1 Å². The summed E-state index contributed by atoms with van der Waals surface area (Å²) in [5.41, 5.74) is 1.97. The lowest BCUT2D eigenvalue weighted by atomic mass is 10.2. The maximum Gasteiger partial charge on any atom is 0.363 e. The molecule has 0 aliphatic rings. The maximum absolute atomic E-state index is 11.6. The number of aliphatic carboxylic acids is 1. The maximum atomic E-state index is 11.6. The molecule has 0 heterocycles. The Hall–Kier alpha value is -1.34. The predicted octanol–water partition coefficient (Wildman–Crippen LogP) is 1.71. The average Bonchev–Trinajstić information content (AvgIpc) is 2.32. The van der Waals surface area contributed by atoms with Gasteiger partial charge in [-0.2, -0.15) is 0 Å². The monoisotopic (exact) mass is 293 g/mol. The molecule has 0 aliphatic heterocycles. The summed E-state index contributed by atoms with van der Waals surface area (Å²) in [5, 5.41) is 9.08. The van der Waals surface area contributed by atoms with Crippen LogP contribution in [0.3, 0.4) is 0 Å². The number of carboxylic acids is 1. The van der Waals surface area contributed by atoms with E-state index in [2.05, 4.69) is 9.57 Å². The van der Waals surface area contributed by atoms with Crippen molar-refractivity contribution in [3.63, 3.8) is 0 Å². The number of halogens is 2. The summed E-state index contributed by atoms with van der Waals surface area (Å²) in [6.07, 6.45) is -1.60. The average molecular weight is 294 g/mol. The van der Waals surface area contributed by atoms with E-state index in [1.807, 2.05) is 5.48 Å². The lowest BCUT2D eigenvalue weighted by Crippen LogP contribution is -2.35. The molecule has 1 unspecified atom stereocenters. The zero-order valence-electron chi connectivity index (χ0n) is 9.15. The third kappa shape index (κ3) is 3.85. The molecule has 0 saturated heterocycles. The van der Waals surface area contributed by atoms with E-state index in [4.69, 9.17) is 28.3 Å². The highest BCUT2D eigenvalue weighted by atomic mass is 35.5. The molecule has 0 saturated carbocycles. The van der Waals surface area contributed by atoms with Crippen molar-refractivity contribution >= 4 is 35.1 Å². The first-order chi connectivity index (χ1) is 8.45. The van der Waals surface area contributed by atoms with Crippen molar-refractivity contribution in [2.75, 3.05) is 7.11 Å². The van der Waals surface area contributed by atoms with E-state index in [9.17, 15) is 9.59 Å². The molecule has 18 heavy (non-hydrogen) atoms. The molecule has 1 rings (SSSR count). The van der Waals surface area contributed by atoms with Gasteiger partial charge in [0, 0.05) is 12.1 Å². The van der Waals surface area contributed by atoms with Crippen molar-refractivity contribution in [3.8, 4) is 0 Å². The Bertz CT molecular complexity index is 466. The van der Waals surface area contributed by atoms with Crippen molar-refractivity contribution in [3.05, 3.63) is 33.8 Å². The van der Waals surface area contributed by atoms with Crippen LogP contribution in [0.5, 0.6) is 0 Å². The van der Waals surface area contributed by atoms with E-state index in [-0.39, 0.29) is 10.6 Å². The van der Waals surface area contributed by atoms with E-state index < -0.39 is 18.2 Å². The van der Waals surface area contributed by atoms with Crippen molar-refractivity contribution < 1.29 is 24.3 Å². The van der Waals surface area contributed by atoms with Crippen LogP contribution in [-0.2, 0) is 14.4 Å². The number of hydroxylamine groups is 1. The zero-order chi connectivity index (χ0) is 13.7. The minimum Gasteiger partial charge on any atom is -0.477 e. The molecule has 1 aromatic rings. The molecule has 1 amide bonds. The van der Waals surface area contributed by atoms with Gasteiger partial charge in [-0.3, -0.25) is 4.79 Å². The first kappa shape index (κ1) is 14.7. The summed E-state index contributed by atoms with van der Waals surface area (Å²) in [7, 11) is 1.12. The SMILES string of the molecule is COC(ONC(=O)c1cc(Cl)ccc1Cl)C(=O)O. The normalized spacial score (nSPS) is 11.9. The van der Waals surface area contributed by atoms with Crippen LogP contribution in [0, 0.1) is 0 Å². The van der Waals surface area contributed by atoms with E-state index in [1.54, 1.807) is 0 Å². The third-order valence-electron chi connectivity index (χ3n) is 1.85. The van der Waals surface area contributed by atoms with E-state index in [0.29, 0.717) is 5.02 Å². The number of rotatable bonds is 5. The molecule has 0 aromatic heterocycles. The number of ether oxygens (including phenoxy) is 1. The molecule has 1 aromatic carbocycles. The zero-order valence-corrected chi connectivity index (χ0v) is 10.7. The van der Waals surface area contributed by atoms with Crippen molar-refractivity contribution in [1.82, 2.24) is 5.48 Å². The van der Waals surface area contributed by atoms with E-state index in [0.717, 1.165) is 7.11 Å². The number of hydrogen-bond donors (Lipinski definition) is 2. The highest BCUT2D eigenvalue weighted by Gasteiger charge is 2.20. The molecule has 0 fully saturated rings. The number of carbonyl (C=O) groups is 2. The standard InChI is InChI=1S/C10H9Cl2NO5/c1-17-10(9(15)16)18-13-8(14)6-4-5(11)2-3-7(6)12/h2-4,10H,1H3,(H,13,14)(H,15,16). The number of hydrogen-bond acceptors (Lipinski definition) is 4. The molecule has 0 bridgehead atoms. The molecule has 6 nitrogen and oxygen atoms in total. The highest BCUT2D eigenvalue weighted by Crippen LogP contribution is 2.20. The number of methoxy groups -OCH3 is 1. The van der Waals surface area contributed by atoms with Crippen LogP contribution in [0.25, 0.3) is 0 Å². The molecule has 1 atom stereocenters. The summed E-state index contributed by atoms with van der Waals surface area (Å²) in [5.74, 6) is -2.11. The molecule has 0 spiro atoms. The Morgan fingerprint density at radius 1 is 1.39 bits per heavy atom. The molecule has 8 heteroatoms. The molecule has 0 aliphatic carbocycles. The first-order valence-corrected chi connectivity index (χ1v) is 5.38. The van der Waals surface area contributed by atoms with Gasteiger partial charge in [0.05, 0.1) is 10.6 Å². The van der Waals surface area contributed by atoms with Crippen LogP contribution in [-0.4, -0.2) is 30.4 Å².